The number of carbonyl (C=O) groups is 9. The first kappa shape index (κ1) is 102. The molecule has 24 heteroatoms. The Labute approximate surface area is 656 Å². The van der Waals surface area contributed by atoms with E-state index >= 15 is 0 Å². The number of unbranched alkanes of at least 4 members (excludes halogenated alkanes) is 21. The van der Waals surface area contributed by atoms with Crippen molar-refractivity contribution in [3.63, 3.8) is 0 Å². The molecule has 0 aromatic carbocycles. The summed E-state index contributed by atoms with van der Waals surface area (Å²) in [5.41, 5.74) is 0. The molecule has 0 aromatic rings. The quantitative estimate of drug-likeness (QED) is 0.0154. The van der Waals surface area contributed by atoms with Crippen LogP contribution in [0.5, 0.6) is 0 Å². The molecule has 0 bridgehead atoms. The van der Waals surface area contributed by atoms with Crippen LogP contribution in [0.4, 0.5) is 28.8 Å². The number of ether oxygens (including phenoxy) is 3. The lowest BCUT2D eigenvalue weighted by atomic mass is 9.93. The summed E-state index contributed by atoms with van der Waals surface area (Å²) < 4.78 is 14.6. The van der Waals surface area contributed by atoms with Crippen molar-refractivity contribution in [3.8, 4) is 0 Å². The lowest BCUT2D eigenvalue weighted by Crippen LogP contribution is -2.47. The van der Waals surface area contributed by atoms with Gasteiger partial charge in [-0.1, -0.05) is 272 Å². The van der Waals surface area contributed by atoms with Gasteiger partial charge in [-0.05, 0) is 108 Å². The molecular formula is C84H164N12O12. The molecule has 2 aliphatic carbocycles. The number of amides is 12. The highest BCUT2D eigenvalue weighted by molar-refractivity contribution is 5.84. The van der Waals surface area contributed by atoms with Crippen LogP contribution >= 0.6 is 0 Å². The van der Waals surface area contributed by atoms with Gasteiger partial charge in [-0.3, -0.25) is 4.79 Å². The average Bonchev–Trinajstić information content (AvgIpc) is 0.935. The maximum atomic E-state index is 12.7. The molecule has 632 valence electrons. The van der Waals surface area contributed by atoms with Crippen molar-refractivity contribution in [3.05, 3.63) is 0 Å². The van der Waals surface area contributed by atoms with Crippen LogP contribution in [0.3, 0.4) is 0 Å². The van der Waals surface area contributed by atoms with E-state index in [0.717, 1.165) is 77.2 Å². The van der Waals surface area contributed by atoms with E-state index in [1.165, 1.54) is 252 Å². The first-order valence-electron chi connectivity index (χ1n) is 44.1. The minimum Gasteiger partial charge on any atom is -0.469 e. The van der Waals surface area contributed by atoms with Crippen molar-refractivity contribution in [2.45, 2.75) is 380 Å². The second-order valence-corrected chi connectivity index (χ2v) is 30.4. The second-order valence-electron chi connectivity index (χ2n) is 30.4. The minimum absolute atomic E-state index is 0.111. The predicted octanol–water partition coefficient (Wildman–Crippen LogP) is 17.6. The Hall–Kier alpha value is -5.97. The number of hydrogen-bond donors (Lipinski definition) is 12. The number of urea groups is 6. The monoisotopic (exact) mass is 1530 g/mol. The third kappa shape index (κ3) is 67.0. The molecule has 2 rings (SSSR count). The van der Waals surface area contributed by atoms with Crippen molar-refractivity contribution in [1.29, 1.82) is 0 Å². The maximum Gasteiger partial charge on any atom is 0.328 e. The predicted molar refractivity (Wildman–Crippen MR) is 440 cm³/mol. The molecular weight excluding hydrogens is 1370 g/mol. The van der Waals surface area contributed by atoms with Gasteiger partial charge in [0.1, 0.15) is 12.1 Å². The van der Waals surface area contributed by atoms with Gasteiger partial charge in [-0.15, -0.1) is 0 Å². The Kier molecular flexibility index (Phi) is 73.4. The smallest absolute Gasteiger partial charge is 0.328 e. The summed E-state index contributed by atoms with van der Waals surface area (Å²) >= 11 is 0. The van der Waals surface area contributed by atoms with E-state index in [2.05, 4.69) is 91.5 Å². The molecule has 3 atom stereocenters. The van der Waals surface area contributed by atoms with E-state index in [-0.39, 0.29) is 48.7 Å². The van der Waals surface area contributed by atoms with Crippen LogP contribution in [0.15, 0.2) is 0 Å². The normalized spacial score (nSPS) is 14.9. The third-order valence-corrected chi connectivity index (χ3v) is 20.6. The molecule has 2 aliphatic rings. The molecule has 3 unspecified atom stereocenters. The van der Waals surface area contributed by atoms with Gasteiger partial charge >= 0.3 is 54.1 Å². The lowest BCUT2D eigenvalue weighted by Gasteiger charge is -2.21. The highest BCUT2D eigenvalue weighted by Gasteiger charge is 2.24. The highest BCUT2D eigenvalue weighted by atomic mass is 16.5. The summed E-state index contributed by atoms with van der Waals surface area (Å²) in [5.74, 6) is -0.620. The summed E-state index contributed by atoms with van der Waals surface area (Å²) in [5, 5.41) is 34.3. The number of esters is 3. The molecule has 0 aromatic heterocycles. The topological polar surface area (TPSA) is 326 Å². The van der Waals surface area contributed by atoms with Gasteiger partial charge in [0.2, 0.25) is 0 Å². The Morgan fingerprint density at radius 2 is 0.500 bits per heavy atom. The summed E-state index contributed by atoms with van der Waals surface area (Å²) in [6, 6.07) is -2.81. The van der Waals surface area contributed by atoms with Crippen LogP contribution < -0.4 is 63.8 Å². The van der Waals surface area contributed by atoms with Gasteiger partial charge in [-0.25, -0.2) is 38.4 Å². The number of methoxy groups -OCH3 is 3. The van der Waals surface area contributed by atoms with Crippen molar-refractivity contribution in [2.75, 3.05) is 86.8 Å². The molecule has 12 N–H and O–H groups in total. The number of carbonyl (C=O) groups excluding carboxylic acids is 9. The van der Waals surface area contributed by atoms with Crippen LogP contribution in [0, 0.1) is 17.8 Å². The zero-order valence-electron chi connectivity index (χ0n) is 69.8. The molecule has 2 fully saturated rings. The SMILES string of the molecule is CCCCCCCCNC(=O)NCCCC(CNC(=O)NCCCCCCCC)C(=O)OC.CCCCCCCCNC(=O)NCCCC(NC(=O)NCCCCCCCC)C(=O)OC.COC(=O)C(CCCCNC(=O)NCC1CCCCCCCCCCC1)NC(=O)NCC1CCCCCCCCCCC1. The van der Waals surface area contributed by atoms with Crippen LogP contribution in [-0.4, -0.2) is 153 Å². The zero-order chi connectivity index (χ0) is 79.2. The number of hydrogen-bond acceptors (Lipinski definition) is 12. The molecule has 12 amide bonds. The fraction of sp³-hybridized carbons (Fsp3) is 0.893. The Morgan fingerprint density at radius 1 is 0.259 bits per heavy atom. The van der Waals surface area contributed by atoms with E-state index in [1.807, 2.05) is 0 Å². The van der Waals surface area contributed by atoms with Crippen LogP contribution in [0.2, 0.25) is 0 Å². The molecule has 0 aliphatic heterocycles. The molecule has 0 radical (unpaired) electrons. The largest absolute Gasteiger partial charge is 0.469 e. The first-order chi connectivity index (χ1) is 52.7. The summed E-state index contributed by atoms with van der Waals surface area (Å²) in [7, 11) is 4.01. The second kappa shape index (κ2) is 77.7. The number of rotatable bonds is 52. The van der Waals surface area contributed by atoms with Gasteiger partial charge in [0.15, 0.2) is 0 Å². The van der Waals surface area contributed by atoms with Gasteiger partial charge in [-0.2, -0.15) is 0 Å². The van der Waals surface area contributed by atoms with Crippen LogP contribution in [0.1, 0.15) is 368 Å². The van der Waals surface area contributed by atoms with Gasteiger partial charge in [0, 0.05) is 65.4 Å². The Morgan fingerprint density at radius 3 is 0.833 bits per heavy atom. The Balaban J connectivity index is 0.00000162. The van der Waals surface area contributed by atoms with E-state index in [9.17, 15) is 43.2 Å². The van der Waals surface area contributed by atoms with Gasteiger partial charge in [0.25, 0.3) is 0 Å². The van der Waals surface area contributed by atoms with Crippen LogP contribution in [0.25, 0.3) is 0 Å². The standard InChI is InChI=1S/C35H66N4O4.C25H50N4O4.C24H48N4O4/c1-43-33(40)32(39-35(42)38-29-31-24-18-14-10-6-3-7-11-15-19-25-31)26-20-21-27-36-34(41)37-28-30-22-16-12-8-4-2-5-9-13-17-23-30;1-4-6-8-10-12-14-18-26-24(31)28-20-16-17-22(23(30)33-3)21-29-25(32)27-19-15-13-11-9-7-5-2;1-4-6-8-10-12-14-18-25-23(30)26-20-16-17-21(22(29)32-3)28-24(31)27-19-15-13-11-9-7-5-2/h30-32H,2-29H2,1H3,(H2,36,37,41)(H2,38,39,42);22H,4-21H2,1-3H3,(H2,26,28,31)(H2,27,29,32);21H,4-20H2,1-3H3,(H2,25,26,30)(H2,27,28,31). The molecule has 0 saturated heterocycles. The summed E-state index contributed by atoms with van der Waals surface area (Å²) in [6.45, 7) is 14.4. The van der Waals surface area contributed by atoms with Gasteiger partial charge < -0.3 is 78.0 Å². The molecule has 108 heavy (non-hydrogen) atoms. The fourth-order valence-electron chi connectivity index (χ4n) is 13.7. The Bertz CT molecular complexity index is 2160. The van der Waals surface area contributed by atoms with Crippen molar-refractivity contribution >= 4 is 54.1 Å². The summed E-state index contributed by atoms with van der Waals surface area (Å²) in [4.78, 5) is 109. The number of nitrogens with one attached hydrogen (secondary N) is 12. The van der Waals surface area contributed by atoms with E-state index < -0.39 is 29.9 Å². The molecule has 2 saturated carbocycles. The molecule has 0 spiro atoms. The zero-order valence-corrected chi connectivity index (χ0v) is 69.8. The van der Waals surface area contributed by atoms with Crippen molar-refractivity contribution in [2.24, 2.45) is 17.8 Å². The average molecular weight is 1530 g/mol. The lowest BCUT2D eigenvalue weighted by molar-refractivity contribution is -0.145. The van der Waals surface area contributed by atoms with Crippen molar-refractivity contribution < 1.29 is 57.4 Å². The van der Waals surface area contributed by atoms with Gasteiger partial charge in [0.05, 0.1) is 27.2 Å². The third-order valence-electron chi connectivity index (χ3n) is 20.6. The highest BCUT2D eigenvalue weighted by Crippen LogP contribution is 2.23. The van der Waals surface area contributed by atoms with E-state index in [4.69, 9.17) is 14.2 Å². The summed E-state index contributed by atoms with van der Waals surface area (Å²) in [6.07, 6.45) is 60.6. The van der Waals surface area contributed by atoms with Crippen molar-refractivity contribution in [1.82, 2.24) is 63.8 Å². The van der Waals surface area contributed by atoms with Crippen LogP contribution in [-0.2, 0) is 28.6 Å². The minimum atomic E-state index is -0.725. The van der Waals surface area contributed by atoms with E-state index in [1.54, 1.807) is 0 Å². The molecule has 24 nitrogen and oxygen atoms in total. The van der Waals surface area contributed by atoms with E-state index in [0.29, 0.717) is 103 Å². The fourth-order valence-corrected chi connectivity index (χ4v) is 13.7. The maximum absolute atomic E-state index is 12.7. The first-order valence-corrected chi connectivity index (χ1v) is 44.1. The molecule has 0 heterocycles.